The van der Waals surface area contributed by atoms with Crippen LogP contribution in [0.1, 0.15) is 16.7 Å². The van der Waals surface area contributed by atoms with Crippen LogP contribution in [0, 0.1) is 13.8 Å². The minimum Gasteiger partial charge on any atom is -0.315 e. The van der Waals surface area contributed by atoms with Crippen molar-refractivity contribution < 1.29 is 8.42 Å². The maximum Gasteiger partial charge on any atom is 0.164 e. The fourth-order valence-electron chi connectivity index (χ4n) is 3.53. The minimum absolute atomic E-state index is 0.0830. The van der Waals surface area contributed by atoms with Gasteiger partial charge in [0.05, 0.1) is 23.6 Å². The predicted molar refractivity (Wildman–Crippen MR) is 110 cm³/mol. The molecule has 0 saturated carbocycles. The lowest BCUT2D eigenvalue weighted by atomic mass is 10.1. The number of benzene rings is 2. The van der Waals surface area contributed by atoms with E-state index in [2.05, 4.69) is 49.1 Å². The molecular formula is C20H22N2O2S2. The van der Waals surface area contributed by atoms with Gasteiger partial charge in [0.25, 0.3) is 0 Å². The van der Waals surface area contributed by atoms with Gasteiger partial charge < -0.3 is 4.90 Å². The van der Waals surface area contributed by atoms with Crippen molar-refractivity contribution in [1.82, 2.24) is 0 Å². The van der Waals surface area contributed by atoms with E-state index in [1.54, 1.807) is 11.8 Å². The van der Waals surface area contributed by atoms with Crippen molar-refractivity contribution in [2.45, 2.75) is 31.7 Å². The van der Waals surface area contributed by atoms with E-state index >= 15 is 0 Å². The molecule has 0 bridgehead atoms. The monoisotopic (exact) mass is 386 g/mol. The van der Waals surface area contributed by atoms with Gasteiger partial charge in [0.2, 0.25) is 0 Å². The molecule has 4 rings (SSSR count). The summed E-state index contributed by atoms with van der Waals surface area (Å²) in [5.74, 6) is 1.17. The average molecular weight is 387 g/mol. The molecule has 6 heteroatoms. The SMILES string of the molecule is Cc1ccc(N2C(SCc3ccccc3)=N[C@@H]3CS(=O)(=O)C[C@@H]32)cc1C. The fourth-order valence-corrected chi connectivity index (χ4v) is 6.46. The highest BCUT2D eigenvalue weighted by Crippen LogP contribution is 2.36. The van der Waals surface area contributed by atoms with Crippen molar-refractivity contribution in [2.75, 3.05) is 16.4 Å². The van der Waals surface area contributed by atoms with Crippen molar-refractivity contribution in [3.8, 4) is 0 Å². The summed E-state index contributed by atoms with van der Waals surface area (Å²) in [5.41, 5.74) is 4.72. The molecule has 0 aromatic heterocycles. The number of hydrogen-bond donors (Lipinski definition) is 0. The van der Waals surface area contributed by atoms with Gasteiger partial charge >= 0.3 is 0 Å². The summed E-state index contributed by atoms with van der Waals surface area (Å²) in [4.78, 5) is 6.95. The fraction of sp³-hybridized carbons (Fsp3) is 0.350. The zero-order valence-corrected chi connectivity index (χ0v) is 16.6. The summed E-state index contributed by atoms with van der Waals surface area (Å²) in [6, 6.07) is 16.4. The molecule has 0 spiro atoms. The van der Waals surface area contributed by atoms with Gasteiger partial charge in [0.1, 0.15) is 0 Å². The van der Waals surface area contributed by atoms with Gasteiger partial charge in [0, 0.05) is 11.4 Å². The summed E-state index contributed by atoms with van der Waals surface area (Å²) in [5, 5.41) is 0.932. The molecule has 0 radical (unpaired) electrons. The first-order valence-electron chi connectivity index (χ1n) is 8.74. The molecule has 1 saturated heterocycles. The number of rotatable bonds is 3. The van der Waals surface area contributed by atoms with Crippen LogP contribution < -0.4 is 4.90 Å². The average Bonchev–Trinajstić information content (AvgIpc) is 3.07. The van der Waals surface area contributed by atoms with Crippen molar-refractivity contribution in [3.63, 3.8) is 0 Å². The lowest BCUT2D eigenvalue weighted by Crippen LogP contribution is -2.39. The number of thioether (sulfide) groups is 1. The topological polar surface area (TPSA) is 49.7 Å². The van der Waals surface area contributed by atoms with Crippen molar-refractivity contribution >= 4 is 32.5 Å². The standard InChI is InChI=1S/C20H22N2O2S2/c1-14-8-9-17(10-15(14)2)22-19-13-26(23,24)12-18(19)21-20(22)25-11-16-6-4-3-5-7-16/h3-10,18-19H,11-13H2,1-2H3/t18-,19+/m1/s1. The molecule has 0 aliphatic carbocycles. The maximum atomic E-state index is 12.1. The summed E-state index contributed by atoms with van der Waals surface area (Å²) >= 11 is 1.69. The number of nitrogens with zero attached hydrogens (tertiary/aromatic N) is 2. The predicted octanol–water partition coefficient (Wildman–Crippen LogP) is 3.58. The number of aliphatic imine (C=N–C) groups is 1. The first-order chi connectivity index (χ1) is 12.4. The summed E-state index contributed by atoms with van der Waals surface area (Å²) in [7, 11) is -3.01. The van der Waals surface area contributed by atoms with Crippen LogP contribution in [0.25, 0.3) is 0 Å². The molecule has 4 nitrogen and oxygen atoms in total. The van der Waals surface area contributed by atoms with Gasteiger partial charge in [-0.25, -0.2) is 8.42 Å². The Morgan fingerprint density at radius 1 is 1.08 bits per heavy atom. The third-order valence-corrected chi connectivity index (χ3v) is 7.82. The van der Waals surface area contributed by atoms with Gasteiger partial charge in [-0.1, -0.05) is 48.2 Å². The summed E-state index contributed by atoms with van der Waals surface area (Å²) in [6.07, 6.45) is 0. The number of aryl methyl sites for hydroxylation is 2. The lowest BCUT2D eigenvalue weighted by Gasteiger charge is -2.27. The Morgan fingerprint density at radius 2 is 1.85 bits per heavy atom. The van der Waals surface area contributed by atoms with Crippen LogP contribution in [0.4, 0.5) is 5.69 Å². The van der Waals surface area contributed by atoms with E-state index in [0.717, 1.165) is 16.6 Å². The van der Waals surface area contributed by atoms with Crippen molar-refractivity contribution in [1.29, 1.82) is 0 Å². The Labute approximate surface area is 159 Å². The molecule has 2 aliphatic heterocycles. The zero-order chi connectivity index (χ0) is 18.3. The molecule has 26 heavy (non-hydrogen) atoms. The third kappa shape index (κ3) is 3.40. The molecular weight excluding hydrogens is 364 g/mol. The van der Waals surface area contributed by atoms with E-state index in [1.807, 2.05) is 18.2 Å². The first kappa shape index (κ1) is 17.6. The third-order valence-electron chi connectivity index (χ3n) is 5.09. The van der Waals surface area contributed by atoms with E-state index in [-0.39, 0.29) is 23.6 Å². The highest BCUT2D eigenvalue weighted by Gasteiger charge is 2.47. The van der Waals surface area contributed by atoms with E-state index < -0.39 is 9.84 Å². The number of hydrogen-bond acceptors (Lipinski definition) is 5. The van der Waals surface area contributed by atoms with Crippen LogP contribution in [0.15, 0.2) is 53.5 Å². The first-order valence-corrected chi connectivity index (χ1v) is 11.5. The molecule has 2 heterocycles. The van der Waals surface area contributed by atoms with Crippen LogP contribution in [0.3, 0.4) is 0 Å². The molecule has 0 N–H and O–H groups in total. The number of fused-ring (bicyclic) bond motifs is 1. The number of anilines is 1. The summed E-state index contributed by atoms with van der Waals surface area (Å²) < 4.78 is 24.3. The Bertz CT molecular complexity index is 955. The van der Waals surface area contributed by atoms with Gasteiger partial charge in [0.15, 0.2) is 15.0 Å². The summed E-state index contributed by atoms with van der Waals surface area (Å²) in [6.45, 7) is 4.18. The van der Waals surface area contributed by atoms with Crippen molar-refractivity contribution in [2.24, 2.45) is 4.99 Å². The van der Waals surface area contributed by atoms with Crippen molar-refractivity contribution in [3.05, 3.63) is 65.2 Å². The second-order valence-electron chi connectivity index (χ2n) is 7.04. The molecule has 0 unspecified atom stereocenters. The van der Waals surface area contributed by atoms with E-state index in [0.29, 0.717) is 0 Å². The second-order valence-corrected chi connectivity index (χ2v) is 10.1. The van der Waals surface area contributed by atoms with E-state index in [4.69, 9.17) is 4.99 Å². The quantitative estimate of drug-likeness (QED) is 0.809. The van der Waals surface area contributed by atoms with Gasteiger partial charge in [-0.15, -0.1) is 0 Å². The van der Waals surface area contributed by atoms with Gasteiger partial charge in [-0.3, -0.25) is 4.99 Å². The Kier molecular flexibility index (Phi) is 4.57. The highest BCUT2D eigenvalue weighted by molar-refractivity contribution is 8.13. The smallest absolute Gasteiger partial charge is 0.164 e. The number of sulfone groups is 1. The van der Waals surface area contributed by atoms with Gasteiger partial charge in [-0.05, 0) is 42.7 Å². The van der Waals surface area contributed by atoms with Crippen LogP contribution in [-0.4, -0.2) is 37.2 Å². The van der Waals surface area contributed by atoms with Crippen LogP contribution in [0.5, 0.6) is 0 Å². The van der Waals surface area contributed by atoms with Crippen LogP contribution >= 0.6 is 11.8 Å². The largest absolute Gasteiger partial charge is 0.315 e. The molecule has 2 atom stereocenters. The molecule has 2 aromatic rings. The second kappa shape index (κ2) is 6.74. The minimum atomic E-state index is -3.01. The zero-order valence-electron chi connectivity index (χ0n) is 14.9. The van der Waals surface area contributed by atoms with E-state index in [1.165, 1.54) is 16.7 Å². The molecule has 136 valence electrons. The molecule has 2 aliphatic rings. The van der Waals surface area contributed by atoms with Gasteiger partial charge in [-0.2, -0.15) is 0 Å². The molecule has 1 fully saturated rings. The Morgan fingerprint density at radius 3 is 2.58 bits per heavy atom. The lowest BCUT2D eigenvalue weighted by molar-refractivity contribution is 0.601. The Hall–Kier alpha value is -1.79. The van der Waals surface area contributed by atoms with Crippen LogP contribution in [0.2, 0.25) is 0 Å². The Balaban J connectivity index is 1.65. The normalized spacial score (nSPS) is 23.8. The molecule has 2 aromatic carbocycles. The van der Waals surface area contributed by atoms with Crippen LogP contribution in [-0.2, 0) is 15.6 Å². The molecule has 0 amide bonds. The highest BCUT2D eigenvalue weighted by atomic mass is 32.2. The maximum absolute atomic E-state index is 12.1. The van der Waals surface area contributed by atoms with E-state index in [9.17, 15) is 8.42 Å². The number of amidine groups is 1.